The van der Waals surface area contributed by atoms with Gasteiger partial charge in [-0.25, -0.2) is 0 Å². The topological polar surface area (TPSA) is 0 Å². The molecule has 0 aliphatic heterocycles. The van der Waals surface area contributed by atoms with E-state index in [2.05, 4.69) is 15.9 Å². The lowest BCUT2D eigenvalue weighted by atomic mass is 10.3. The van der Waals surface area contributed by atoms with Gasteiger partial charge in [-0.05, 0) is 12.5 Å². The van der Waals surface area contributed by atoms with Crippen LogP contribution in [0.4, 0.5) is 0 Å². The van der Waals surface area contributed by atoms with Crippen LogP contribution < -0.4 is 0 Å². The average Bonchev–Trinajstić information content (AvgIpc) is 1.78. The van der Waals surface area contributed by atoms with Crippen molar-refractivity contribution in [3.8, 4) is 0 Å². The number of hydrogen-bond acceptors (Lipinski definition) is 0. The molecule has 0 fully saturated rings. The molecule has 0 heterocycles. The smallest absolute Gasteiger partial charge is 0.126 e. The highest BCUT2D eigenvalue weighted by atomic mass is 79.9. The summed E-state index contributed by atoms with van der Waals surface area (Å²) in [5.74, 6) is 0. The lowest BCUT2D eigenvalue weighted by molar-refractivity contribution is 0.778. The summed E-state index contributed by atoms with van der Waals surface area (Å²) in [6, 6.07) is -1.51. The van der Waals surface area contributed by atoms with Crippen molar-refractivity contribution in [1.82, 2.24) is 0 Å². The highest BCUT2D eigenvalue weighted by molar-refractivity contribution is 9.09. The van der Waals surface area contributed by atoms with E-state index in [1.807, 2.05) is 0 Å². The molecule has 10 heavy (non-hydrogen) atoms. The van der Waals surface area contributed by atoms with Gasteiger partial charge in [0.2, 0.25) is 0 Å². The molecule has 0 atom stereocenters. The van der Waals surface area contributed by atoms with E-state index in [1.165, 1.54) is 6.42 Å². The van der Waals surface area contributed by atoms with E-state index in [4.69, 9.17) is 33.2 Å². The molecule has 0 rings (SSSR count). The van der Waals surface area contributed by atoms with Gasteiger partial charge in [-0.3, -0.25) is 0 Å². The molecule has 0 saturated heterocycles. The van der Waals surface area contributed by atoms with Crippen LogP contribution in [0.3, 0.4) is 0 Å². The van der Waals surface area contributed by atoms with Crippen molar-refractivity contribution in [3.05, 3.63) is 0 Å². The van der Waals surface area contributed by atoms with Gasteiger partial charge in [0, 0.05) is 5.33 Å². The fourth-order valence-corrected chi connectivity index (χ4v) is 2.85. The lowest BCUT2D eigenvalue weighted by Crippen LogP contribution is -2.07. The van der Waals surface area contributed by atoms with Crippen molar-refractivity contribution in [2.75, 3.05) is 5.33 Å². The van der Waals surface area contributed by atoms with Crippen molar-refractivity contribution in [2.45, 2.75) is 25.3 Å². The number of rotatable bonds is 5. The number of halogens is 4. The molecule has 0 aromatic rings. The first kappa shape index (κ1) is 11.6. The van der Waals surface area contributed by atoms with Gasteiger partial charge in [0.25, 0.3) is 0 Å². The molecular formula is C5H10BrCl3Si. The summed E-state index contributed by atoms with van der Waals surface area (Å²) in [5, 5.41) is 1.05. The third kappa shape index (κ3) is 9.57. The van der Waals surface area contributed by atoms with Gasteiger partial charge in [-0.1, -0.05) is 28.8 Å². The summed E-state index contributed by atoms with van der Waals surface area (Å²) in [5.41, 5.74) is 0. The average molecular weight is 284 g/mol. The molecule has 0 saturated carbocycles. The molecular weight excluding hydrogens is 274 g/mol. The minimum Gasteiger partial charge on any atom is -0.126 e. The van der Waals surface area contributed by atoms with Gasteiger partial charge in [-0.15, -0.1) is 33.2 Å². The second-order valence-corrected chi connectivity index (χ2v) is 12.2. The molecule has 0 aromatic heterocycles. The Kier molecular flexibility index (Phi) is 7.08. The standard InChI is InChI=1S/C5H10BrCl3Si/c6-4-2-1-3-5-10(7,8)9/h1-5H2. The van der Waals surface area contributed by atoms with Crippen molar-refractivity contribution in [3.63, 3.8) is 0 Å². The van der Waals surface area contributed by atoms with Crippen LogP contribution in [0.2, 0.25) is 6.04 Å². The Hall–Kier alpha value is 1.57. The zero-order valence-electron chi connectivity index (χ0n) is 5.55. The van der Waals surface area contributed by atoms with Crippen molar-refractivity contribution >= 4 is 55.2 Å². The predicted molar refractivity (Wildman–Crippen MR) is 55.8 cm³/mol. The first-order chi connectivity index (χ1) is 4.56. The van der Waals surface area contributed by atoms with Gasteiger partial charge in [-0.2, -0.15) is 0 Å². The summed E-state index contributed by atoms with van der Waals surface area (Å²) in [7, 11) is 0. The molecule has 0 aliphatic carbocycles. The minimum absolute atomic E-state index is 0.796. The van der Waals surface area contributed by atoms with E-state index in [9.17, 15) is 0 Å². The molecule has 62 valence electrons. The normalized spacial score (nSPS) is 12.0. The largest absolute Gasteiger partial charge is 0.341 e. The highest BCUT2D eigenvalue weighted by Crippen LogP contribution is 2.27. The number of alkyl halides is 1. The monoisotopic (exact) mass is 282 g/mol. The third-order valence-corrected chi connectivity index (χ3v) is 4.28. The van der Waals surface area contributed by atoms with E-state index >= 15 is 0 Å². The first-order valence-electron chi connectivity index (χ1n) is 3.19. The van der Waals surface area contributed by atoms with Crippen LogP contribution in [0.15, 0.2) is 0 Å². The van der Waals surface area contributed by atoms with Crippen molar-refractivity contribution in [2.24, 2.45) is 0 Å². The zero-order valence-corrected chi connectivity index (χ0v) is 10.4. The first-order valence-corrected chi connectivity index (χ1v) is 9.55. The second-order valence-electron chi connectivity index (χ2n) is 2.11. The molecule has 0 unspecified atom stereocenters. The van der Waals surface area contributed by atoms with Crippen LogP contribution in [-0.4, -0.2) is 11.3 Å². The van der Waals surface area contributed by atoms with Crippen LogP contribution in [0.5, 0.6) is 0 Å². The zero-order chi connectivity index (χ0) is 8.04. The summed E-state index contributed by atoms with van der Waals surface area (Å²) < 4.78 is 0. The minimum atomic E-state index is -2.31. The van der Waals surface area contributed by atoms with E-state index in [0.717, 1.165) is 24.2 Å². The molecule has 0 spiro atoms. The molecule has 0 aliphatic rings. The Morgan fingerprint density at radius 1 is 1.00 bits per heavy atom. The predicted octanol–water partition coefficient (Wildman–Crippen LogP) is 4.21. The van der Waals surface area contributed by atoms with Crippen LogP contribution in [0.25, 0.3) is 0 Å². The van der Waals surface area contributed by atoms with Crippen LogP contribution in [0.1, 0.15) is 19.3 Å². The maximum Gasteiger partial charge on any atom is 0.341 e. The summed E-state index contributed by atoms with van der Waals surface area (Å²) in [4.78, 5) is 0. The van der Waals surface area contributed by atoms with E-state index in [-0.39, 0.29) is 0 Å². The van der Waals surface area contributed by atoms with Crippen LogP contribution >= 0.6 is 49.2 Å². The van der Waals surface area contributed by atoms with E-state index in [1.54, 1.807) is 0 Å². The maximum absolute atomic E-state index is 5.67. The van der Waals surface area contributed by atoms with Gasteiger partial charge in [0.15, 0.2) is 0 Å². The molecule has 0 nitrogen and oxygen atoms in total. The summed E-state index contributed by atoms with van der Waals surface area (Å²) in [6.07, 6.45) is 3.38. The third-order valence-electron chi connectivity index (χ3n) is 1.09. The van der Waals surface area contributed by atoms with Gasteiger partial charge in [0.1, 0.15) is 0 Å². The molecule has 0 radical (unpaired) electrons. The highest BCUT2D eigenvalue weighted by Gasteiger charge is 2.23. The Bertz CT molecular complexity index is 83.5. The number of unbranched alkanes of at least 4 members (excludes halogenated alkanes) is 2. The maximum atomic E-state index is 5.67. The Labute approximate surface area is 85.5 Å². The lowest BCUT2D eigenvalue weighted by Gasteiger charge is -2.05. The molecule has 5 heteroatoms. The van der Waals surface area contributed by atoms with E-state index < -0.39 is 6.00 Å². The summed E-state index contributed by atoms with van der Waals surface area (Å²) in [6.45, 7) is 0. The quantitative estimate of drug-likeness (QED) is 0.307. The summed E-state index contributed by atoms with van der Waals surface area (Å²) >= 11 is 20.4. The van der Waals surface area contributed by atoms with Crippen molar-refractivity contribution in [1.29, 1.82) is 0 Å². The Balaban J connectivity index is 3.04. The van der Waals surface area contributed by atoms with Crippen LogP contribution in [-0.2, 0) is 0 Å². The van der Waals surface area contributed by atoms with E-state index in [0.29, 0.717) is 0 Å². The Morgan fingerprint density at radius 2 is 1.60 bits per heavy atom. The van der Waals surface area contributed by atoms with Gasteiger partial charge >= 0.3 is 6.00 Å². The molecule has 0 amide bonds. The van der Waals surface area contributed by atoms with Crippen LogP contribution in [0, 0.1) is 0 Å². The fourth-order valence-electron chi connectivity index (χ4n) is 0.597. The second kappa shape index (κ2) is 6.12. The Morgan fingerprint density at radius 3 is 2.00 bits per heavy atom. The molecule has 0 aromatic carbocycles. The van der Waals surface area contributed by atoms with Crippen molar-refractivity contribution < 1.29 is 0 Å². The van der Waals surface area contributed by atoms with Gasteiger partial charge < -0.3 is 0 Å². The number of hydrogen-bond donors (Lipinski definition) is 0. The SMILES string of the molecule is Cl[Si](Cl)(Cl)CCCCCBr. The fraction of sp³-hybridized carbons (Fsp3) is 1.00. The molecule has 0 bridgehead atoms. The van der Waals surface area contributed by atoms with Gasteiger partial charge in [0.05, 0.1) is 0 Å². The molecule has 0 N–H and O–H groups in total.